The number of pyridine rings is 1. The summed E-state index contributed by atoms with van der Waals surface area (Å²) < 4.78 is 119. The van der Waals surface area contributed by atoms with Crippen LogP contribution in [0.4, 0.5) is 11.4 Å². The molecule has 1 aromatic rings. The summed E-state index contributed by atoms with van der Waals surface area (Å²) in [6.45, 7) is -7.54. The van der Waals surface area contributed by atoms with Crippen molar-refractivity contribution in [1.29, 1.82) is 0 Å². The van der Waals surface area contributed by atoms with E-state index < -0.39 is 68.2 Å². The van der Waals surface area contributed by atoms with Gasteiger partial charge in [-0.25, -0.2) is 0 Å². The van der Waals surface area contributed by atoms with Crippen LogP contribution < -0.4 is 10.6 Å². The van der Waals surface area contributed by atoms with E-state index in [2.05, 4.69) is 4.98 Å². The van der Waals surface area contributed by atoms with Gasteiger partial charge in [-0.2, -0.15) is 0 Å². The average Bonchev–Trinajstić information content (AvgIpc) is 2.53. The van der Waals surface area contributed by atoms with Crippen molar-refractivity contribution < 1.29 is 20.6 Å². The summed E-state index contributed by atoms with van der Waals surface area (Å²) >= 11 is 0. The first-order chi connectivity index (χ1) is 12.6. The number of nitrogen functional groups attached to an aromatic ring is 1. The Kier molecular flexibility index (Phi) is 0.588. The zero-order chi connectivity index (χ0) is 23.2. The number of rotatable bonds is 1. The molecule has 1 fully saturated rings. The molecule has 14 heavy (non-hydrogen) atoms. The molecule has 76 valence electrons. The van der Waals surface area contributed by atoms with Crippen molar-refractivity contribution in [2.45, 2.75) is 32.0 Å². The van der Waals surface area contributed by atoms with Crippen LogP contribution in [-0.2, 0) is 0 Å². The Labute approximate surface area is 106 Å². The van der Waals surface area contributed by atoms with E-state index in [1.54, 1.807) is 0 Å². The molecule has 0 amide bonds. The van der Waals surface area contributed by atoms with Gasteiger partial charge in [0.25, 0.3) is 0 Å². The molecule has 2 heterocycles. The maximum atomic E-state index is 8.45. The van der Waals surface area contributed by atoms with Crippen molar-refractivity contribution in [1.82, 2.24) is 4.98 Å². The van der Waals surface area contributed by atoms with Crippen LogP contribution in [0.5, 0.6) is 0 Å². The highest BCUT2D eigenvalue weighted by Gasteiger charge is 2.19. The molecule has 0 bridgehead atoms. The minimum Gasteiger partial charge on any atom is -0.396 e. The summed E-state index contributed by atoms with van der Waals surface area (Å²) in [5.74, 6) is 0. The molecule has 0 aromatic carbocycles. The second kappa shape index (κ2) is 3.86. The van der Waals surface area contributed by atoms with E-state index in [1.165, 1.54) is 0 Å². The van der Waals surface area contributed by atoms with Gasteiger partial charge in [-0.1, -0.05) is 0 Å². The summed E-state index contributed by atoms with van der Waals surface area (Å²) in [6, 6.07) is -4.92. The van der Waals surface area contributed by atoms with Crippen LogP contribution in [0.25, 0.3) is 0 Å². The molecule has 0 saturated carbocycles. The van der Waals surface area contributed by atoms with Gasteiger partial charge in [0.15, 0.2) is 0 Å². The van der Waals surface area contributed by atoms with Gasteiger partial charge < -0.3 is 10.6 Å². The topological polar surface area (TPSA) is 42.1 Å². The summed E-state index contributed by atoms with van der Waals surface area (Å²) in [6.07, 6.45) is -13.3. The Morgan fingerprint density at radius 3 is 3.64 bits per heavy atom. The highest BCUT2D eigenvalue weighted by atomic mass is 15.2. The largest absolute Gasteiger partial charge is 0.396 e. The molecule has 1 unspecified atom stereocenters. The fraction of sp³-hybridized carbons (Fsp3) is 0.545. The maximum Gasteiger partial charge on any atom is 0.0863 e. The first kappa shape index (κ1) is 2.13. The highest BCUT2D eigenvalue weighted by molar-refractivity contribution is 5.66. The van der Waals surface area contributed by atoms with Gasteiger partial charge in [0.1, 0.15) is 0 Å². The van der Waals surface area contributed by atoms with Crippen molar-refractivity contribution >= 4 is 11.4 Å². The lowest BCUT2D eigenvalue weighted by atomic mass is 10.0. The Bertz CT molecular complexity index is 821. The molecule has 1 atom stereocenters. The van der Waals surface area contributed by atoms with Crippen LogP contribution in [0.2, 0.25) is 0 Å². The molecule has 1 saturated heterocycles. The first-order valence-corrected chi connectivity index (χ1v) is 3.66. The van der Waals surface area contributed by atoms with Gasteiger partial charge in [0.05, 0.1) is 23.0 Å². The Morgan fingerprint density at radius 2 is 2.79 bits per heavy atom. The Hall–Kier alpha value is -1.25. The molecule has 2 rings (SSSR count). The maximum absolute atomic E-state index is 8.45. The minimum atomic E-state index is -3.88. The van der Waals surface area contributed by atoms with Crippen molar-refractivity contribution in [3.8, 4) is 0 Å². The van der Waals surface area contributed by atoms with E-state index in [-0.39, 0.29) is 4.90 Å². The smallest absolute Gasteiger partial charge is 0.0863 e. The van der Waals surface area contributed by atoms with Gasteiger partial charge in [-0.05, 0) is 32.0 Å². The molecule has 3 nitrogen and oxygen atoms in total. The van der Waals surface area contributed by atoms with Gasteiger partial charge in [-0.3, -0.25) is 4.98 Å². The lowest BCUT2D eigenvalue weighted by Gasteiger charge is -2.35. The van der Waals surface area contributed by atoms with Crippen molar-refractivity contribution in [3.05, 3.63) is 18.4 Å². The number of hydrogen-bond donors (Lipinski definition) is 1. The number of aromatic nitrogens is 1. The molecular formula is C11H17N3. The quantitative estimate of drug-likeness (QED) is 0.764. The fourth-order valence-corrected chi connectivity index (χ4v) is 0.920. The second-order valence-corrected chi connectivity index (χ2v) is 2.39. The zero-order valence-electron chi connectivity index (χ0n) is 22.0. The van der Waals surface area contributed by atoms with E-state index in [0.717, 1.165) is 0 Å². The second-order valence-electron chi connectivity index (χ2n) is 2.39. The molecule has 1 aliphatic rings. The summed E-state index contributed by atoms with van der Waals surface area (Å²) in [5, 5.41) is 0. The predicted molar refractivity (Wildman–Crippen MR) is 59.3 cm³/mol. The van der Waals surface area contributed by atoms with Gasteiger partial charge >= 0.3 is 0 Å². The molecule has 3 heteroatoms. The number of nitrogens with two attached hydrogens (primary N) is 1. The van der Waals surface area contributed by atoms with Crippen LogP contribution in [0.3, 0.4) is 0 Å². The SMILES string of the molecule is [2H]c1nc([2H])c(N)c(N2C([2H])([2H])C([2H])([2H])C([2H])([2H])C([2H])([2H])C2([2H])C([2H])([2H])[2H])c1[2H]. The highest BCUT2D eigenvalue weighted by Crippen LogP contribution is 2.28. The van der Waals surface area contributed by atoms with Crippen molar-refractivity contribution in [2.75, 3.05) is 17.1 Å². The Balaban J connectivity index is 3.14. The third kappa shape index (κ3) is 1.67. The standard InChI is InChI=1S/C11H17N3/c1-9-4-2-3-7-14(9)11-5-6-13-8-10(11)12/h5-6,8-9H,2-4,7,12H2,1H3/i1D3,2D2,3D2,4D2,5D,6D,7D2,8D,9D. The summed E-state index contributed by atoms with van der Waals surface area (Å²) in [4.78, 5) is 3.02. The molecule has 0 aliphatic carbocycles. The lowest BCUT2D eigenvalue weighted by molar-refractivity contribution is 0.485. The van der Waals surface area contributed by atoms with Gasteiger partial charge in [0.2, 0.25) is 0 Å². The minimum absolute atomic E-state index is 0.274. The molecule has 0 spiro atoms. The fourth-order valence-electron chi connectivity index (χ4n) is 0.920. The van der Waals surface area contributed by atoms with E-state index in [1.807, 2.05) is 0 Å². The number of anilines is 2. The summed E-state index contributed by atoms with van der Waals surface area (Å²) in [5.41, 5.74) is 3.66. The van der Waals surface area contributed by atoms with Crippen LogP contribution in [0, 0.1) is 0 Å². The molecule has 1 aromatic heterocycles. The van der Waals surface area contributed by atoms with Crippen LogP contribution >= 0.6 is 0 Å². The average molecular weight is 206 g/mol. The lowest BCUT2D eigenvalue weighted by Crippen LogP contribution is -2.37. The van der Waals surface area contributed by atoms with Crippen molar-refractivity contribution in [2.24, 2.45) is 0 Å². The number of piperidine rings is 1. The normalized spacial score (nSPS) is 58.6. The van der Waals surface area contributed by atoms with Crippen LogP contribution in [-0.4, -0.2) is 17.5 Å². The molecule has 2 N–H and O–H groups in total. The monoisotopic (exact) mass is 206 g/mol. The third-order valence-corrected chi connectivity index (χ3v) is 1.52. The van der Waals surface area contributed by atoms with Crippen LogP contribution in [0.1, 0.15) is 46.5 Å². The first-order valence-electron chi connectivity index (χ1n) is 11.2. The number of hydrogen-bond acceptors (Lipinski definition) is 3. The van der Waals surface area contributed by atoms with Crippen LogP contribution in [0.15, 0.2) is 18.4 Å². The van der Waals surface area contributed by atoms with E-state index in [0.29, 0.717) is 0 Å². The van der Waals surface area contributed by atoms with E-state index in [9.17, 15) is 0 Å². The van der Waals surface area contributed by atoms with E-state index in [4.69, 9.17) is 26.3 Å². The number of nitrogens with zero attached hydrogens (tertiary/aromatic N) is 2. The Morgan fingerprint density at radius 1 is 1.86 bits per heavy atom. The predicted octanol–water partition coefficient (Wildman–Crippen LogP) is 2.04. The van der Waals surface area contributed by atoms with Gasteiger partial charge in [-0.15, -0.1) is 0 Å². The third-order valence-electron chi connectivity index (χ3n) is 1.52. The molecule has 0 radical (unpaired) electrons. The van der Waals surface area contributed by atoms with Crippen molar-refractivity contribution in [3.63, 3.8) is 0 Å². The summed E-state index contributed by atoms with van der Waals surface area (Å²) in [7, 11) is 0. The van der Waals surface area contributed by atoms with E-state index >= 15 is 0 Å². The molecule has 1 aliphatic heterocycles. The molecular weight excluding hydrogens is 174 g/mol. The zero-order valence-corrected chi connectivity index (χ0v) is 6.97. The van der Waals surface area contributed by atoms with Gasteiger partial charge in [0, 0.05) is 33.8 Å².